The number of aryl methyl sites for hydroxylation is 2. The van der Waals surface area contributed by atoms with Crippen LogP contribution in [0.1, 0.15) is 25.0 Å². The molecule has 4 rings (SSSR count). The fourth-order valence-electron chi connectivity index (χ4n) is 3.39. The molecule has 170 valence electrons. The number of hydrogen-bond acceptors (Lipinski definition) is 0. The topological polar surface area (TPSA) is 0 Å². The fraction of sp³-hybridized carbons (Fsp3) is 0.148. The highest BCUT2D eigenvalue weighted by molar-refractivity contribution is 7.18. The molecule has 0 saturated heterocycles. The van der Waals surface area contributed by atoms with E-state index in [-0.39, 0.29) is 0 Å². The van der Waals surface area contributed by atoms with E-state index < -0.39 is 7.25 Å². The molecule has 0 unspecified atom stereocenters. The van der Waals surface area contributed by atoms with Gasteiger partial charge in [-0.1, -0.05) is 68.4 Å². The van der Waals surface area contributed by atoms with E-state index in [2.05, 4.69) is 105 Å². The average molecular weight is 468 g/mol. The molecule has 0 radical (unpaired) electrons. The van der Waals surface area contributed by atoms with Gasteiger partial charge in [0.05, 0.1) is 0 Å². The van der Waals surface area contributed by atoms with E-state index in [4.69, 9.17) is 0 Å². The molecular formula is C27H25BF4S. The fourth-order valence-corrected chi connectivity index (χ4v) is 4.51. The Morgan fingerprint density at radius 3 is 1.30 bits per heavy atom. The van der Waals surface area contributed by atoms with Crippen LogP contribution in [0.3, 0.4) is 0 Å². The second-order valence-corrected chi connectivity index (χ2v) is 8.62. The van der Waals surface area contributed by atoms with Crippen LogP contribution >= 0.6 is 11.3 Å². The molecule has 0 aliphatic rings. The van der Waals surface area contributed by atoms with Gasteiger partial charge in [0.25, 0.3) is 0 Å². The van der Waals surface area contributed by atoms with E-state index in [9.17, 15) is 17.3 Å². The van der Waals surface area contributed by atoms with Gasteiger partial charge in [-0.3, -0.25) is 0 Å². The maximum absolute atomic E-state index is 9.75. The SMILES string of the molecule is CCc1ccc(-c2cc(-c3ccccc3)cc(-c3ccc(CC)cc3)[s+]2)cc1.F[B-](F)(F)F. The Labute approximate surface area is 196 Å². The van der Waals surface area contributed by atoms with Crippen LogP contribution < -0.4 is 0 Å². The van der Waals surface area contributed by atoms with Gasteiger partial charge in [-0.2, -0.15) is 0 Å². The molecule has 4 aromatic rings. The molecule has 0 atom stereocenters. The smallest absolute Gasteiger partial charge is 0.418 e. The van der Waals surface area contributed by atoms with Crippen LogP contribution in [0.4, 0.5) is 17.3 Å². The molecule has 0 amide bonds. The quantitative estimate of drug-likeness (QED) is 0.155. The second-order valence-electron chi connectivity index (χ2n) is 7.54. The summed E-state index contributed by atoms with van der Waals surface area (Å²) in [4.78, 5) is 2.61. The molecule has 0 saturated carbocycles. The highest BCUT2D eigenvalue weighted by atomic mass is 32.1. The van der Waals surface area contributed by atoms with Crippen molar-refractivity contribution in [3.05, 3.63) is 102 Å². The van der Waals surface area contributed by atoms with Crippen molar-refractivity contribution < 1.29 is 17.3 Å². The third kappa shape index (κ3) is 7.53. The van der Waals surface area contributed by atoms with Gasteiger partial charge in [0.1, 0.15) is 0 Å². The van der Waals surface area contributed by atoms with Crippen molar-refractivity contribution in [2.45, 2.75) is 26.7 Å². The monoisotopic (exact) mass is 468 g/mol. The molecule has 0 N–H and O–H groups in total. The molecule has 33 heavy (non-hydrogen) atoms. The molecule has 0 aliphatic carbocycles. The van der Waals surface area contributed by atoms with Gasteiger partial charge in [0.15, 0.2) is 0 Å². The number of rotatable bonds is 5. The lowest BCUT2D eigenvalue weighted by Crippen LogP contribution is -2.02. The van der Waals surface area contributed by atoms with E-state index >= 15 is 0 Å². The summed E-state index contributed by atoms with van der Waals surface area (Å²) in [6.07, 6.45) is 2.14. The van der Waals surface area contributed by atoms with Crippen LogP contribution in [-0.4, -0.2) is 7.25 Å². The predicted octanol–water partition coefficient (Wildman–Crippen LogP) is 9.45. The normalized spacial score (nSPS) is 11.0. The van der Waals surface area contributed by atoms with E-state index in [1.807, 2.05) is 11.3 Å². The lowest BCUT2D eigenvalue weighted by atomic mass is 10.0. The van der Waals surface area contributed by atoms with Crippen LogP contribution in [-0.2, 0) is 12.8 Å². The Bertz CT molecular complexity index is 1080. The van der Waals surface area contributed by atoms with Crippen molar-refractivity contribution in [3.8, 4) is 32.0 Å². The summed E-state index contributed by atoms with van der Waals surface area (Å²) in [6, 6.07) is 33.3. The summed E-state index contributed by atoms with van der Waals surface area (Å²) in [5, 5.41) is 0. The first kappa shape index (κ1) is 24.7. The van der Waals surface area contributed by atoms with E-state index in [0.29, 0.717) is 0 Å². The maximum Gasteiger partial charge on any atom is 0.673 e. The number of benzene rings is 3. The van der Waals surface area contributed by atoms with Gasteiger partial charge < -0.3 is 17.3 Å². The van der Waals surface area contributed by atoms with Crippen LogP contribution in [0.5, 0.6) is 0 Å². The van der Waals surface area contributed by atoms with Crippen molar-refractivity contribution in [2.24, 2.45) is 0 Å². The van der Waals surface area contributed by atoms with Gasteiger partial charge in [-0.25, -0.2) is 0 Å². The maximum atomic E-state index is 9.75. The summed E-state index contributed by atoms with van der Waals surface area (Å²) < 4.78 is 39.0. The van der Waals surface area contributed by atoms with E-state index in [1.54, 1.807) is 0 Å². The highest BCUT2D eigenvalue weighted by Gasteiger charge is 2.21. The molecule has 0 bridgehead atoms. The molecule has 0 nitrogen and oxygen atoms in total. The van der Waals surface area contributed by atoms with Gasteiger partial charge in [0, 0.05) is 23.3 Å². The first-order chi connectivity index (χ1) is 15.8. The van der Waals surface area contributed by atoms with Gasteiger partial charge in [-0.05, 0) is 59.4 Å². The Balaban J connectivity index is 0.000000555. The largest absolute Gasteiger partial charge is 0.673 e. The van der Waals surface area contributed by atoms with Gasteiger partial charge in [0.2, 0.25) is 21.1 Å². The lowest BCUT2D eigenvalue weighted by Gasteiger charge is -2.04. The van der Waals surface area contributed by atoms with Crippen LogP contribution in [0, 0.1) is 0 Å². The molecule has 0 aliphatic heterocycles. The molecule has 0 fully saturated rings. The Kier molecular flexibility index (Phi) is 8.40. The van der Waals surface area contributed by atoms with E-state index in [0.717, 1.165) is 12.8 Å². The summed E-state index contributed by atoms with van der Waals surface area (Å²) in [7, 11) is -6.00. The van der Waals surface area contributed by atoms with Crippen molar-refractivity contribution in [2.75, 3.05) is 0 Å². The van der Waals surface area contributed by atoms with Crippen LogP contribution in [0.25, 0.3) is 32.0 Å². The van der Waals surface area contributed by atoms with Crippen molar-refractivity contribution in [1.29, 1.82) is 0 Å². The standard InChI is InChI=1S/C27H25S.BF4/c1-3-20-10-14-23(15-11-20)26-18-25(22-8-6-5-7-9-22)19-27(28-26)24-16-12-21(4-2)13-17-24;2-1(3,4)5/h5-19H,3-4H2,1-2H3;/q+1;-1. The third-order valence-corrected chi connectivity index (χ3v) is 6.34. The first-order valence-corrected chi connectivity index (χ1v) is 11.7. The molecule has 6 heteroatoms. The minimum absolute atomic E-state index is 1.07. The first-order valence-electron chi connectivity index (χ1n) is 10.9. The van der Waals surface area contributed by atoms with Crippen molar-refractivity contribution >= 4 is 18.6 Å². The lowest BCUT2D eigenvalue weighted by molar-refractivity contribution is 0.368. The van der Waals surface area contributed by atoms with E-state index in [1.165, 1.54) is 43.1 Å². The van der Waals surface area contributed by atoms with Crippen LogP contribution in [0.2, 0.25) is 0 Å². The number of halogens is 4. The molecule has 1 aromatic heterocycles. The second kappa shape index (κ2) is 11.2. The average Bonchev–Trinajstić information content (AvgIpc) is 2.83. The Morgan fingerprint density at radius 2 is 0.939 bits per heavy atom. The Morgan fingerprint density at radius 1 is 0.545 bits per heavy atom. The summed E-state index contributed by atoms with van der Waals surface area (Å²) in [5.74, 6) is 0. The molecule has 0 spiro atoms. The predicted molar refractivity (Wildman–Crippen MR) is 134 cm³/mol. The molecule has 3 aromatic carbocycles. The number of hydrogen-bond donors (Lipinski definition) is 0. The molecular weight excluding hydrogens is 443 g/mol. The van der Waals surface area contributed by atoms with Crippen molar-refractivity contribution in [3.63, 3.8) is 0 Å². The molecule has 1 heterocycles. The Hall–Kier alpha value is -2.99. The third-order valence-electron chi connectivity index (χ3n) is 5.19. The summed E-state index contributed by atoms with van der Waals surface area (Å²) in [5.41, 5.74) is 7.85. The van der Waals surface area contributed by atoms with Gasteiger partial charge >= 0.3 is 7.25 Å². The minimum atomic E-state index is -6.00. The minimum Gasteiger partial charge on any atom is -0.418 e. The highest BCUT2D eigenvalue weighted by Crippen LogP contribution is 2.37. The summed E-state index contributed by atoms with van der Waals surface area (Å²) in [6.45, 7) is 4.40. The zero-order valence-electron chi connectivity index (χ0n) is 18.6. The van der Waals surface area contributed by atoms with Crippen LogP contribution in [0.15, 0.2) is 91.0 Å². The zero-order chi connectivity index (χ0) is 23.8. The zero-order valence-corrected chi connectivity index (χ0v) is 19.4. The summed E-state index contributed by atoms with van der Waals surface area (Å²) >= 11 is 1.86. The van der Waals surface area contributed by atoms with Gasteiger partial charge in [-0.15, -0.1) is 0 Å². The van der Waals surface area contributed by atoms with Crippen molar-refractivity contribution in [1.82, 2.24) is 0 Å².